The van der Waals surface area contributed by atoms with Crippen molar-refractivity contribution in [3.05, 3.63) is 66.5 Å². The molecule has 1 amide bonds. The van der Waals surface area contributed by atoms with Crippen molar-refractivity contribution in [2.75, 3.05) is 6.54 Å². The maximum Gasteiger partial charge on any atom is 0.308 e. The third-order valence-electron chi connectivity index (χ3n) is 5.32. The van der Waals surface area contributed by atoms with Crippen LogP contribution in [0.2, 0.25) is 0 Å². The molecular weight excluding hydrogens is 368 g/mol. The molecule has 1 aliphatic rings. The first-order chi connectivity index (χ1) is 14.0. The molecule has 0 bridgehead atoms. The van der Waals surface area contributed by atoms with Gasteiger partial charge in [-0.2, -0.15) is 0 Å². The maximum atomic E-state index is 13.2. The van der Waals surface area contributed by atoms with E-state index < -0.39 is 11.9 Å². The monoisotopic (exact) mass is 390 g/mol. The van der Waals surface area contributed by atoms with Gasteiger partial charge in [-0.3, -0.25) is 9.59 Å². The first kappa shape index (κ1) is 18.9. The van der Waals surface area contributed by atoms with Gasteiger partial charge in [0.05, 0.1) is 11.6 Å². The van der Waals surface area contributed by atoms with Crippen LogP contribution in [0.1, 0.15) is 30.4 Å². The van der Waals surface area contributed by atoms with Crippen molar-refractivity contribution in [3.8, 4) is 17.1 Å². The van der Waals surface area contributed by atoms with Crippen molar-refractivity contribution < 1.29 is 14.7 Å². The van der Waals surface area contributed by atoms with Gasteiger partial charge >= 0.3 is 5.97 Å². The van der Waals surface area contributed by atoms with E-state index in [0.717, 1.165) is 11.3 Å². The minimum absolute atomic E-state index is 0.0537. The number of benzene rings is 2. The second-order valence-corrected chi connectivity index (χ2v) is 7.29. The topological polar surface area (TPSA) is 88.3 Å². The van der Waals surface area contributed by atoms with Crippen LogP contribution in [0, 0.1) is 5.92 Å². The molecule has 1 N–H and O–H groups in total. The fraction of sp³-hybridized carbons (Fsp3) is 0.273. The highest BCUT2D eigenvalue weighted by molar-refractivity contribution is 5.91. The van der Waals surface area contributed by atoms with Crippen LogP contribution in [0.25, 0.3) is 17.1 Å². The Hall–Kier alpha value is -3.48. The Balaban J connectivity index is 1.74. The standard InChI is InChI=1S/C22H22N4O3/c1-15-12-13-17(22(28)29)14-25(15)21(27)19-23-20(16-8-4-2-5-9-16)26(24-19)18-10-6-3-7-11-18/h2-11,15,17H,12-14H2,1H3,(H,28,29). The summed E-state index contributed by atoms with van der Waals surface area (Å²) in [6.45, 7) is 2.11. The lowest BCUT2D eigenvalue weighted by atomic mass is 9.93. The van der Waals surface area contributed by atoms with E-state index in [2.05, 4.69) is 10.1 Å². The number of para-hydroxylation sites is 1. The number of carbonyl (C=O) groups excluding carboxylic acids is 1. The van der Waals surface area contributed by atoms with Gasteiger partial charge in [-0.25, -0.2) is 9.67 Å². The van der Waals surface area contributed by atoms with E-state index in [1.54, 1.807) is 9.58 Å². The Kier molecular flexibility index (Phi) is 5.12. The highest BCUT2D eigenvalue weighted by atomic mass is 16.4. The molecule has 3 aromatic rings. The van der Waals surface area contributed by atoms with Crippen molar-refractivity contribution in [1.29, 1.82) is 0 Å². The Morgan fingerprint density at radius 3 is 2.31 bits per heavy atom. The predicted molar refractivity (Wildman–Crippen MR) is 108 cm³/mol. The molecule has 0 saturated carbocycles. The lowest BCUT2D eigenvalue weighted by Gasteiger charge is -2.35. The molecule has 148 valence electrons. The largest absolute Gasteiger partial charge is 0.481 e. The number of aromatic nitrogens is 3. The van der Waals surface area contributed by atoms with Gasteiger partial charge < -0.3 is 10.0 Å². The van der Waals surface area contributed by atoms with Gasteiger partial charge in [-0.15, -0.1) is 5.10 Å². The first-order valence-electron chi connectivity index (χ1n) is 9.66. The molecule has 1 fully saturated rings. The minimum atomic E-state index is -0.873. The average molecular weight is 390 g/mol. The molecule has 2 unspecified atom stereocenters. The lowest BCUT2D eigenvalue weighted by Crippen LogP contribution is -2.47. The third-order valence-corrected chi connectivity index (χ3v) is 5.32. The molecule has 29 heavy (non-hydrogen) atoms. The van der Waals surface area contributed by atoms with Crippen LogP contribution in [0.15, 0.2) is 60.7 Å². The molecule has 1 saturated heterocycles. The number of piperidine rings is 1. The summed E-state index contributed by atoms with van der Waals surface area (Å²) in [6.07, 6.45) is 1.22. The number of rotatable bonds is 4. The number of carbonyl (C=O) groups is 2. The number of hydrogen-bond acceptors (Lipinski definition) is 4. The van der Waals surface area contributed by atoms with Crippen molar-refractivity contribution in [3.63, 3.8) is 0 Å². The summed E-state index contributed by atoms with van der Waals surface area (Å²) in [5.41, 5.74) is 1.64. The summed E-state index contributed by atoms with van der Waals surface area (Å²) < 4.78 is 1.66. The van der Waals surface area contributed by atoms with Crippen molar-refractivity contribution in [1.82, 2.24) is 19.7 Å². The van der Waals surface area contributed by atoms with E-state index in [1.165, 1.54) is 0 Å². The maximum absolute atomic E-state index is 13.2. The zero-order valence-corrected chi connectivity index (χ0v) is 16.1. The SMILES string of the molecule is CC1CCC(C(=O)O)CN1C(=O)c1nc(-c2ccccc2)n(-c2ccccc2)n1. The molecule has 1 aromatic heterocycles. The van der Waals surface area contributed by atoms with Crippen LogP contribution < -0.4 is 0 Å². The smallest absolute Gasteiger partial charge is 0.308 e. The van der Waals surface area contributed by atoms with E-state index in [0.29, 0.717) is 18.7 Å². The van der Waals surface area contributed by atoms with Crippen LogP contribution >= 0.6 is 0 Å². The van der Waals surface area contributed by atoms with Crippen LogP contribution in [0.3, 0.4) is 0 Å². The Labute approximate surface area is 168 Å². The lowest BCUT2D eigenvalue weighted by molar-refractivity contribution is -0.143. The molecule has 0 radical (unpaired) electrons. The molecule has 7 heteroatoms. The Morgan fingerprint density at radius 2 is 1.66 bits per heavy atom. The van der Waals surface area contributed by atoms with Gasteiger partial charge in [0.15, 0.2) is 5.82 Å². The molecule has 7 nitrogen and oxygen atoms in total. The second-order valence-electron chi connectivity index (χ2n) is 7.29. The summed E-state index contributed by atoms with van der Waals surface area (Å²) in [4.78, 5) is 30.8. The van der Waals surface area contributed by atoms with Crippen molar-refractivity contribution in [2.45, 2.75) is 25.8 Å². The number of carboxylic acids is 1. The summed E-state index contributed by atoms with van der Waals surface area (Å²) >= 11 is 0. The van der Waals surface area contributed by atoms with E-state index in [-0.39, 0.29) is 24.3 Å². The summed E-state index contributed by atoms with van der Waals surface area (Å²) in [7, 11) is 0. The van der Waals surface area contributed by atoms with Gasteiger partial charge in [-0.1, -0.05) is 48.5 Å². The third kappa shape index (κ3) is 3.76. The molecule has 0 spiro atoms. The number of carboxylic acid groups (broad SMARTS) is 1. The van der Waals surface area contributed by atoms with Crippen LogP contribution in [0.4, 0.5) is 0 Å². The zero-order valence-electron chi connectivity index (χ0n) is 16.1. The minimum Gasteiger partial charge on any atom is -0.481 e. The van der Waals surface area contributed by atoms with Gasteiger partial charge in [0.2, 0.25) is 5.82 Å². The van der Waals surface area contributed by atoms with E-state index >= 15 is 0 Å². The highest BCUT2D eigenvalue weighted by Crippen LogP contribution is 2.25. The molecule has 1 aliphatic heterocycles. The van der Waals surface area contributed by atoms with Crippen molar-refractivity contribution in [2.24, 2.45) is 5.92 Å². The van der Waals surface area contributed by atoms with E-state index in [4.69, 9.17) is 0 Å². The van der Waals surface area contributed by atoms with Crippen molar-refractivity contribution >= 4 is 11.9 Å². The summed E-state index contributed by atoms with van der Waals surface area (Å²) in [5.74, 6) is -1.12. The zero-order chi connectivity index (χ0) is 20.4. The van der Waals surface area contributed by atoms with Gasteiger partial charge in [0.1, 0.15) is 0 Å². The molecule has 2 aromatic carbocycles. The number of hydrogen-bond donors (Lipinski definition) is 1. The van der Waals surface area contributed by atoms with E-state index in [1.807, 2.05) is 67.6 Å². The molecule has 2 atom stereocenters. The first-order valence-corrected chi connectivity index (χ1v) is 9.66. The fourth-order valence-electron chi connectivity index (χ4n) is 3.65. The fourth-order valence-corrected chi connectivity index (χ4v) is 3.65. The number of likely N-dealkylation sites (tertiary alicyclic amines) is 1. The summed E-state index contributed by atoms with van der Waals surface area (Å²) in [6, 6.07) is 19.0. The molecular formula is C22H22N4O3. The normalized spacial score (nSPS) is 19.1. The molecule has 4 rings (SSSR count). The quantitative estimate of drug-likeness (QED) is 0.739. The van der Waals surface area contributed by atoms with Gasteiger partial charge in [0, 0.05) is 18.2 Å². The highest BCUT2D eigenvalue weighted by Gasteiger charge is 2.35. The van der Waals surface area contributed by atoms with Gasteiger partial charge in [0.25, 0.3) is 5.91 Å². The van der Waals surface area contributed by atoms with E-state index in [9.17, 15) is 14.7 Å². The average Bonchev–Trinajstić information content (AvgIpc) is 3.20. The second kappa shape index (κ2) is 7.87. The van der Waals surface area contributed by atoms with Gasteiger partial charge in [-0.05, 0) is 31.9 Å². The summed E-state index contributed by atoms with van der Waals surface area (Å²) in [5, 5.41) is 13.9. The number of aliphatic carboxylic acids is 1. The van der Waals surface area contributed by atoms with Crippen LogP contribution in [-0.2, 0) is 4.79 Å². The Bertz CT molecular complexity index is 960. The number of amides is 1. The Morgan fingerprint density at radius 1 is 1.00 bits per heavy atom. The van der Waals surface area contributed by atoms with Crippen LogP contribution in [-0.4, -0.2) is 49.2 Å². The number of nitrogens with zero attached hydrogens (tertiary/aromatic N) is 4. The predicted octanol–water partition coefficient (Wildman–Crippen LogP) is 3.26. The molecule has 2 heterocycles. The molecule has 0 aliphatic carbocycles. The van der Waals surface area contributed by atoms with Crippen LogP contribution in [0.5, 0.6) is 0 Å².